The molecule has 10 nitrogen and oxygen atoms in total. The molecule has 40 heavy (non-hydrogen) atoms. The fraction of sp³-hybridized carbons (Fsp3) is 0.367. The first-order valence-electron chi connectivity index (χ1n) is 14.1. The first-order valence-corrected chi connectivity index (χ1v) is 14.1. The Morgan fingerprint density at radius 3 is 2.52 bits per heavy atom. The summed E-state index contributed by atoms with van der Waals surface area (Å²) >= 11 is 0. The number of carbonyl (C=O) groups is 1. The minimum atomic E-state index is -0.105. The van der Waals surface area contributed by atoms with Gasteiger partial charge in [0.25, 0.3) is 5.91 Å². The first-order chi connectivity index (χ1) is 19.6. The van der Waals surface area contributed by atoms with Crippen molar-refractivity contribution in [1.82, 2.24) is 44.9 Å². The number of aryl methyl sites for hydroxylation is 1. The van der Waals surface area contributed by atoms with Crippen LogP contribution in [0, 0.1) is 0 Å². The second kappa shape index (κ2) is 11.9. The average Bonchev–Trinajstić information content (AvgIpc) is 3.76. The summed E-state index contributed by atoms with van der Waals surface area (Å²) in [6, 6.07) is 7.91. The Morgan fingerprint density at radius 2 is 1.70 bits per heavy atom. The molecule has 0 bridgehead atoms. The van der Waals surface area contributed by atoms with Crippen LogP contribution in [0.2, 0.25) is 0 Å². The van der Waals surface area contributed by atoms with Crippen LogP contribution in [0.3, 0.4) is 0 Å². The number of aromatic nitrogens is 6. The first kappa shape index (κ1) is 26.1. The number of hydrazine groups is 1. The maximum atomic E-state index is 12.6. The van der Waals surface area contributed by atoms with Crippen molar-refractivity contribution in [1.29, 1.82) is 0 Å². The Labute approximate surface area is 234 Å². The molecule has 5 heterocycles. The van der Waals surface area contributed by atoms with E-state index in [2.05, 4.69) is 43.6 Å². The molecule has 206 valence electrons. The number of benzene rings is 1. The maximum Gasteiger partial charge on any atom is 0.260 e. The normalized spacial score (nSPS) is 17.7. The van der Waals surface area contributed by atoms with Gasteiger partial charge in [0.05, 0.1) is 31.5 Å². The molecule has 1 fully saturated rings. The largest absolute Gasteiger partial charge is 0.301 e. The molecule has 1 aromatic carbocycles. The predicted octanol–water partition coefficient (Wildman–Crippen LogP) is 3.85. The van der Waals surface area contributed by atoms with E-state index in [0.29, 0.717) is 12.4 Å². The molecule has 0 aliphatic carbocycles. The fourth-order valence-corrected chi connectivity index (χ4v) is 5.25. The van der Waals surface area contributed by atoms with Gasteiger partial charge in [-0.2, -0.15) is 10.2 Å². The molecule has 6 rings (SSSR count). The number of likely N-dealkylation sites (tertiary alicyclic amines) is 1. The molecule has 1 atom stereocenters. The van der Waals surface area contributed by atoms with Gasteiger partial charge < -0.3 is 4.90 Å². The van der Waals surface area contributed by atoms with Gasteiger partial charge in [0.2, 0.25) is 0 Å². The van der Waals surface area contributed by atoms with Gasteiger partial charge in [-0.1, -0.05) is 31.2 Å². The molecule has 2 aliphatic rings. The van der Waals surface area contributed by atoms with Crippen LogP contribution in [0.25, 0.3) is 22.5 Å². The lowest BCUT2D eigenvalue weighted by atomic mass is 10.1. The lowest BCUT2D eigenvalue weighted by Crippen LogP contribution is -2.45. The van der Waals surface area contributed by atoms with Crippen LogP contribution in [0.4, 0.5) is 0 Å². The van der Waals surface area contributed by atoms with Crippen LogP contribution in [-0.2, 0) is 24.4 Å². The van der Waals surface area contributed by atoms with Gasteiger partial charge in [0, 0.05) is 66.2 Å². The number of carbonyl (C=O) groups excluding carboxylic acids is 1. The number of amides is 1. The van der Waals surface area contributed by atoms with Gasteiger partial charge in [-0.25, -0.2) is 15.4 Å². The van der Waals surface area contributed by atoms with E-state index >= 15 is 0 Å². The zero-order valence-electron chi connectivity index (χ0n) is 22.9. The molecule has 4 aromatic rings. The molecule has 1 saturated heterocycles. The summed E-state index contributed by atoms with van der Waals surface area (Å²) in [5.74, 6) is 0.565. The third-order valence-corrected chi connectivity index (χ3v) is 7.45. The molecule has 3 aromatic heterocycles. The zero-order valence-corrected chi connectivity index (χ0v) is 22.9. The van der Waals surface area contributed by atoms with Gasteiger partial charge in [-0.05, 0) is 44.0 Å². The lowest BCUT2D eigenvalue weighted by molar-refractivity contribution is -0.131. The van der Waals surface area contributed by atoms with Crippen molar-refractivity contribution in [3.8, 4) is 22.5 Å². The summed E-state index contributed by atoms with van der Waals surface area (Å²) in [4.78, 5) is 24.4. The smallest absolute Gasteiger partial charge is 0.260 e. The zero-order chi connectivity index (χ0) is 27.3. The molecule has 10 heteroatoms. The number of nitrogens with one attached hydrogen (secondary N) is 1. The van der Waals surface area contributed by atoms with E-state index in [1.54, 1.807) is 11.1 Å². The van der Waals surface area contributed by atoms with Gasteiger partial charge in [0.15, 0.2) is 5.82 Å². The lowest BCUT2D eigenvalue weighted by Gasteiger charge is -2.30. The Bertz CT molecular complexity index is 1470. The monoisotopic (exact) mass is 537 g/mol. The quantitative estimate of drug-likeness (QED) is 0.328. The maximum absolute atomic E-state index is 12.6. The fourth-order valence-electron chi connectivity index (χ4n) is 5.25. The molecule has 1 amide bonds. The van der Waals surface area contributed by atoms with Crippen LogP contribution in [0.15, 0.2) is 73.6 Å². The third kappa shape index (κ3) is 6.03. The highest BCUT2D eigenvalue weighted by Crippen LogP contribution is 2.23. The van der Waals surface area contributed by atoms with Gasteiger partial charge in [-0.3, -0.25) is 19.2 Å². The number of hydrogen-bond donors (Lipinski definition) is 1. The van der Waals surface area contributed by atoms with Crippen LogP contribution < -0.4 is 5.43 Å². The van der Waals surface area contributed by atoms with Crippen LogP contribution in [0.1, 0.15) is 43.4 Å². The Balaban J connectivity index is 1.10. The summed E-state index contributed by atoms with van der Waals surface area (Å²) in [5, 5.41) is 10.6. The van der Waals surface area contributed by atoms with E-state index in [9.17, 15) is 4.79 Å². The SMILES string of the molecule is CCCn1cc(C2C=CC(=O)N(Cc3cccc(-c4ncc(-c5cnn(CCN6CCCC6)c5)cn4)c3)N2)cn1. The highest BCUT2D eigenvalue weighted by atomic mass is 16.2. The molecule has 1 unspecified atom stereocenters. The van der Waals surface area contributed by atoms with Crippen molar-refractivity contribution in [3.63, 3.8) is 0 Å². The van der Waals surface area contributed by atoms with Crippen molar-refractivity contribution < 1.29 is 4.79 Å². The predicted molar refractivity (Wildman–Crippen MR) is 152 cm³/mol. The molecule has 0 saturated carbocycles. The van der Waals surface area contributed by atoms with Crippen molar-refractivity contribution in [2.24, 2.45) is 0 Å². The van der Waals surface area contributed by atoms with E-state index in [1.165, 1.54) is 25.9 Å². The Hall–Kier alpha value is -4.15. The molecule has 0 radical (unpaired) electrons. The van der Waals surface area contributed by atoms with Crippen LogP contribution in [-0.4, -0.2) is 65.0 Å². The van der Waals surface area contributed by atoms with E-state index in [4.69, 9.17) is 0 Å². The molecular formula is C30H35N9O. The van der Waals surface area contributed by atoms with Crippen LogP contribution >= 0.6 is 0 Å². The summed E-state index contributed by atoms with van der Waals surface area (Å²) in [5.41, 5.74) is 8.21. The minimum Gasteiger partial charge on any atom is -0.301 e. The van der Waals surface area contributed by atoms with E-state index < -0.39 is 0 Å². The van der Waals surface area contributed by atoms with Crippen molar-refractivity contribution >= 4 is 5.91 Å². The van der Waals surface area contributed by atoms with Crippen molar-refractivity contribution in [3.05, 3.63) is 84.7 Å². The van der Waals surface area contributed by atoms with Gasteiger partial charge in [0.1, 0.15) is 0 Å². The Morgan fingerprint density at radius 1 is 0.900 bits per heavy atom. The second-order valence-electron chi connectivity index (χ2n) is 10.5. The minimum absolute atomic E-state index is 0.0795. The summed E-state index contributed by atoms with van der Waals surface area (Å²) in [6.07, 6.45) is 18.6. The van der Waals surface area contributed by atoms with Crippen LogP contribution in [0.5, 0.6) is 0 Å². The third-order valence-electron chi connectivity index (χ3n) is 7.45. The summed E-state index contributed by atoms with van der Waals surface area (Å²) in [6.45, 7) is 7.73. The summed E-state index contributed by atoms with van der Waals surface area (Å²) < 4.78 is 3.93. The average molecular weight is 538 g/mol. The van der Waals surface area contributed by atoms with E-state index in [1.807, 2.05) is 70.7 Å². The molecule has 2 aliphatic heterocycles. The number of nitrogens with zero attached hydrogens (tertiary/aromatic N) is 8. The molecular weight excluding hydrogens is 502 g/mol. The van der Waals surface area contributed by atoms with Gasteiger partial charge >= 0.3 is 0 Å². The van der Waals surface area contributed by atoms with Crippen molar-refractivity contribution in [2.45, 2.75) is 51.9 Å². The highest BCUT2D eigenvalue weighted by molar-refractivity contribution is 5.88. The molecule has 0 spiro atoms. The van der Waals surface area contributed by atoms with E-state index in [-0.39, 0.29) is 11.9 Å². The number of rotatable bonds is 10. The highest BCUT2D eigenvalue weighted by Gasteiger charge is 2.23. The van der Waals surface area contributed by atoms with E-state index in [0.717, 1.165) is 53.9 Å². The second-order valence-corrected chi connectivity index (χ2v) is 10.5. The standard InChI is InChI=1S/C30H35N9O/c1-2-10-37-22-27(19-34-37)28-8-9-29(40)39(35-28)20-23-6-5-7-24(15-23)30-31-16-25(17-32-30)26-18-33-38(21-26)14-13-36-11-3-4-12-36/h5-9,15-19,21-22,28,35H,2-4,10-14,20H2,1H3. The van der Waals surface area contributed by atoms with Gasteiger partial charge in [-0.15, -0.1) is 0 Å². The number of hydrogen-bond acceptors (Lipinski definition) is 7. The topological polar surface area (TPSA) is 97.0 Å². The molecule has 1 N–H and O–H groups in total. The van der Waals surface area contributed by atoms with Crippen molar-refractivity contribution in [2.75, 3.05) is 19.6 Å². The Kier molecular flexibility index (Phi) is 7.78. The summed E-state index contributed by atoms with van der Waals surface area (Å²) in [7, 11) is 0.